The molecule has 1 aromatic rings. The molecule has 2 rings (SSSR count). The van der Waals surface area contributed by atoms with Crippen molar-refractivity contribution in [3.8, 4) is 0 Å². The number of hydrogen-bond acceptors (Lipinski definition) is 3. The van der Waals surface area contributed by atoms with Crippen LogP contribution in [-0.2, 0) is 0 Å². The molecule has 1 unspecified atom stereocenters. The van der Waals surface area contributed by atoms with E-state index in [1.807, 2.05) is 0 Å². The van der Waals surface area contributed by atoms with Crippen molar-refractivity contribution in [2.24, 2.45) is 5.41 Å². The summed E-state index contributed by atoms with van der Waals surface area (Å²) in [5.41, 5.74) is 0.378. The molecule has 0 saturated heterocycles. The Labute approximate surface area is 87.3 Å². The van der Waals surface area contributed by atoms with Crippen LogP contribution >= 0.6 is 22.9 Å². The van der Waals surface area contributed by atoms with Crippen molar-refractivity contribution in [3.63, 3.8) is 0 Å². The van der Waals surface area contributed by atoms with Gasteiger partial charge in [-0.3, -0.25) is 0 Å². The lowest BCUT2D eigenvalue weighted by Gasteiger charge is -2.24. The van der Waals surface area contributed by atoms with Crippen LogP contribution in [0, 0.1) is 5.41 Å². The van der Waals surface area contributed by atoms with E-state index in [9.17, 15) is 0 Å². The quantitative estimate of drug-likeness (QED) is 0.718. The fourth-order valence-corrected chi connectivity index (χ4v) is 3.33. The van der Waals surface area contributed by atoms with Gasteiger partial charge >= 0.3 is 0 Å². The fraction of sp³-hybridized carbons (Fsp3) is 0.778. The van der Waals surface area contributed by atoms with Crippen LogP contribution in [0.2, 0.25) is 4.47 Å². The van der Waals surface area contributed by atoms with Crippen LogP contribution in [0.3, 0.4) is 0 Å². The van der Waals surface area contributed by atoms with Crippen LogP contribution in [0.5, 0.6) is 0 Å². The van der Waals surface area contributed by atoms with Crippen LogP contribution in [0.25, 0.3) is 0 Å². The first-order chi connectivity index (χ1) is 6.09. The molecule has 1 aliphatic carbocycles. The number of nitrogens with zero attached hydrogens (tertiary/aromatic N) is 2. The van der Waals surface area contributed by atoms with Crippen LogP contribution in [0.4, 0.5) is 0 Å². The van der Waals surface area contributed by atoms with E-state index in [4.69, 9.17) is 11.6 Å². The van der Waals surface area contributed by atoms with E-state index in [1.54, 1.807) is 0 Å². The average Bonchev–Trinajstić information content (AvgIpc) is 2.56. The molecular weight excluding hydrogens is 204 g/mol. The van der Waals surface area contributed by atoms with Gasteiger partial charge in [0.25, 0.3) is 0 Å². The minimum atomic E-state index is 0.378. The molecule has 0 bridgehead atoms. The third-order valence-electron chi connectivity index (χ3n) is 2.97. The Morgan fingerprint density at radius 2 is 2.23 bits per heavy atom. The van der Waals surface area contributed by atoms with Gasteiger partial charge in [0.2, 0.25) is 4.47 Å². The van der Waals surface area contributed by atoms with Gasteiger partial charge in [0.1, 0.15) is 5.01 Å². The van der Waals surface area contributed by atoms with Gasteiger partial charge < -0.3 is 0 Å². The first kappa shape index (κ1) is 9.41. The molecule has 4 heteroatoms. The number of rotatable bonds is 1. The van der Waals surface area contributed by atoms with Crippen molar-refractivity contribution >= 4 is 22.9 Å². The predicted molar refractivity (Wildman–Crippen MR) is 55.3 cm³/mol. The topological polar surface area (TPSA) is 25.8 Å². The third kappa shape index (κ3) is 1.72. The molecular formula is C9H13ClN2S. The van der Waals surface area contributed by atoms with E-state index in [0.29, 0.717) is 15.8 Å². The third-order valence-corrected chi connectivity index (χ3v) is 4.10. The largest absolute Gasteiger partial charge is 0.207 e. The van der Waals surface area contributed by atoms with Gasteiger partial charge in [-0.2, -0.15) is 0 Å². The van der Waals surface area contributed by atoms with Gasteiger partial charge in [-0.1, -0.05) is 31.6 Å². The average molecular weight is 217 g/mol. The molecule has 1 aliphatic rings. The smallest absolute Gasteiger partial charge is 0.142 e. The summed E-state index contributed by atoms with van der Waals surface area (Å²) < 4.78 is 0.567. The van der Waals surface area contributed by atoms with E-state index in [-0.39, 0.29) is 0 Å². The first-order valence-corrected chi connectivity index (χ1v) is 5.78. The molecule has 0 aromatic carbocycles. The molecule has 1 saturated carbocycles. The predicted octanol–water partition coefficient (Wildman–Crippen LogP) is 3.49. The molecule has 1 fully saturated rings. The lowest BCUT2D eigenvalue weighted by molar-refractivity contribution is 0.330. The van der Waals surface area contributed by atoms with Gasteiger partial charge in [0, 0.05) is 5.92 Å². The monoisotopic (exact) mass is 216 g/mol. The summed E-state index contributed by atoms with van der Waals surface area (Å²) in [5, 5.41) is 9.11. The number of hydrogen-bond donors (Lipinski definition) is 0. The zero-order chi connectivity index (χ0) is 9.47. The molecule has 0 radical (unpaired) electrons. The summed E-state index contributed by atoms with van der Waals surface area (Å²) in [4.78, 5) is 0. The summed E-state index contributed by atoms with van der Waals surface area (Å²) in [6.45, 7) is 4.61. The molecule has 13 heavy (non-hydrogen) atoms. The number of aromatic nitrogens is 2. The molecule has 1 heterocycles. The molecule has 0 aliphatic heterocycles. The Morgan fingerprint density at radius 1 is 1.46 bits per heavy atom. The summed E-state index contributed by atoms with van der Waals surface area (Å²) in [5.74, 6) is 0.567. The summed E-state index contributed by atoms with van der Waals surface area (Å²) >= 11 is 7.31. The molecule has 0 N–H and O–H groups in total. The van der Waals surface area contributed by atoms with E-state index in [1.165, 1.54) is 30.6 Å². The zero-order valence-corrected chi connectivity index (χ0v) is 9.45. The van der Waals surface area contributed by atoms with E-state index in [2.05, 4.69) is 24.0 Å². The van der Waals surface area contributed by atoms with Crippen molar-refractivity contribution < 1.29 is 0 Å². The van der Waals surface area contributed by atoms with E-state index >= 15 is 0 Å². The summed E-state index contributed by atoms with van der Waals surface area (Å²) in [6, 6.07) is 0. The Morgan fingerprint density at radius 3 is 2.69 bits per heavy atom. The molecule has 0 amide bonds. The normalized spacial score (nSPS) is 26.5. The molecule has 0 spiro atoms. The molecule has 1 aromatic heterocycles. The molecule has 1 atom stereocenters. The highest BCUT2D eigenvalue weighted by atomic mass is 35.5. The summed E-state index contributed by atoms with van der Waals surface area (Å²) in [6.07, 6.45) is 3.82. The Balaban J connectivity index is 2.26. The maximum absolute atomic E-state index is 5.78. The van der Waals surface area contributed by atoms with E-state index < -0.39 is 0 Å². The minimum absolute atomic E-state index is 0.378. The summed E-state index contributed by atoms with van der Waals surface area (Å²) in [7, 11) is 0. The maximum atomic E-state index is 5.78. The minimum Gasteiger partial charge on any atom is -0.142 e. The Bertz CT molecular complexity index is 308. The Hall–Kier alpha value is -0.150. The van der Waals surface area contributed by atoms with Crippen LogP contribution in [0.15, 0.2) is 0 Å². The van der Waals surface area contributed by atoms with Gasteiger partial charge in [-0.25, -0.2) is 0 Å². The Kier molecular flexibility index (Phi) is 2.32. The molecule has 2 nitrogen and oxygen atoms in total. The SMILES string of the molecule is CC1(C)CCCC1c1nnc(Cl)s1. The standard InChI is InChI=1S/C9H13ClN2S/c1-9(2)5-3-4-6(9)7-11-12-8(10)13-7/h6H,3-5H2,1-2H3. The maximum Gasteiger partial charge on any atom is 0.207 e. The number of halogens is 1. The van der Waals surface area contributed by atoms with Gasteiger partial charge in [0.05, 0.1) is 0 Å². The zero-order valence-electron chi connectivity index (χ0n) is 7.88. The van der Waals surface area contributed by atoms with Crippen molar-refractivity contribution in [2.75, 3.05) is 0 Å². The van der Waals surface area contributed by atoms with Crippen molar-refractivity contribution in [1.82, 2.24) is 10.2 Å². The van der Waals surface area contributed by atoms with Gasteiger partial charge in [0.15, 0.2) is 0 Å². The van der Waals surface area contributed by atoms with Crippen molar-refractivity contribution in [1.29, 1.82) is 0 Å². The fourth-order valence-electron chi connectivity index (χ4n) is 2.14. The molecule has 72 valence electrons. The van der Waals surface area contributed by atoms with Gasteiger partial charge in [-0.15, -0.1) is 10.2 Å². The first-order valence-electron chi connectivity index (χ1n) is 4.58. The lowest BCUT2D eigenvalue weighted by atomic mass is 9.82. The van der Waals surface area contributed by atoms with Crippen LogP contribution < -0.4 is 0 Å². The highest BCUT2D eigenvalue weighted by Crippen LogP contribution is 2.49. The van der Waals surface area contributed by atoms with Crippen LogP contribution in [-0.4, -0.2) is 10.2 Å². The highest BCUT2D eigenvalue weighted by molar-refractivity contribution is 7.15. The lowest BCUT2D eigenvalue weighted by Crippen LogP contribution is -2.15. The second kappa shape index (κ2) is 3.21. The van der Waals surface area contributed by atoms with Crippen LogP contribution in [0.1, 0.15) is 44.0 Å². The van der Waals surface area contributed by atoms with Gasteiger partial charge in [-0.05, 0) is 29.9 Å². The van der Waals surface area contributed by atoms with E-state index in [0.717, 1.165) is 5.01 Å². The second-order valence-electron chi connectivity index (χ2n) is 4.33. The second-order valence-corrected chi connectivity index (χ2v) is 5.92. The van der Waals surface area contributed by atoms with Crippen molar-refractivity contribution in [3.05, 3.63) is 9.47 Å². The van der Waals surface area contributed by atoms with Crippen molar-refractivity contribution in [2.45, 2.75) is 39.0 Å². The highest BCUT2D eigenvalue weighted by Gasteiger charge is 2.37.